The summed E-state index contributed by atoms with van der Waals surface area (Å²) >= 11 is 0. The number of hydrogen-bond donors (Lipinski definition) is 3. The second kappa shape index (κ2) is 5.79. The van der Waals surface area contributed by atoms with Crippen molar-refractivity contribution in [2.45, 2.75) is 13.0 Å². The lowest BCUT2D eigenvalue weighted by molar-refractivity contribution is 0.0368. The third-order valence-corrected chi connectivity index (χ3v) is 3.63. The number of nitrogens with one attached hydrogen (secondary N) is 2. The van der Waals surface area contributed by atoms with Crippen LogP contribution in [0.2, 0.25) is 0 Å². The van der Waals surface area contributed by atoms with Crippen LogP contribution in [0.5, 0.6) is 0 Å². The maximum Gasteiger partial charge on any atom is 0.417 e. The highest BCUT2D eigenvalue weighted by Gasteiger charge is 2.15. The number of benzene rings is 1. The smallest absolute Gasteiger partial charge is 0.408 e. The van der Waals surface area contributed by atoms with Crippen LogP contribution < -0.4 is 16.8 Å². The lowest BCUT2D eigenvalue weighted by Gasteiger charge is -2.29. The van der Waals surface area contributed by atoms with Crippen molar-refractivity contribution in [2.24, 2.45) is 0 Å². The summed E-state index contributed by atoms with van der Waals surface area (Å²) in [5.41, 5.74) is 8.50. The van der Waals surface area contributed by atoms with E-state index in [1.54, 1.807) is 6.07 Å². The van der Waals surface area contributed by atoms with Gasteiger partial charge in [0, 0.05) is 31.7 Å². The first-order valence-electron chi connectivity index (χ1n) is 7.11. The Morgan fingerprint density at radius 3 is 2.95 bits per heavy atom. The molecule has 7 heteroatoms. The molecule has 1 aromatic heterocycles. The molecule has 4 N–H and O–H groups in total. The fourth-order valence-corrected chi connectivity index (χ4v) is 2.62. The van der Waals surface area contributed by atoms with Gasteiger partial charge in [0.05, 0.1) is 30.1 Å². The van der Waals surface area contributed by atoms with E-state index in [2.05, 4.69) is 22.1 Å². The Bertz CT molecular complexity index is 672. The molecule has 3 rings (SSSR count). The monoisotopic (exact) mass is 292 g/mol. The van der Waals surface area contributed by atoms with Crippen molar-refractivity contribution in [2.75, 3.05) is 43.9 Å². The summed E-state index contributed by atoms with van der Waals surface area (Å²) in [6, 6.07) is 3.71. The van der Waals surface area contributed by atoms with Crippen LogP contribution in [0.15, 0.2) is 21.3 Å². The van der Waals surface area contributed by atoms with Gasteiger partial charge in [0.15, 0.2) is 5.58 Å². The largest absolute Gasteiger partial charge is 0.417 e. The minimum Gasteiger partial charge on any atom is -0.408 e. The third-order valence-electron chi connectivity index (χ3n) is 3.63. The number of H-pyrrole nitrogens is 1. The van der Waals surface area contributed by atoms with Crippen molar-refractivity contribution in [3.05, 3.63) is 22.7 Å². The van der Waals surface area contributed by atoms with Gasteiger partial charge in [-0.1, -0.05) is 0 Å². The summed E-state index contributed by atoms with van der Waals surface area (Å²) in [6.07, 6.45) is 0. The fraction of sp³-hybridized carbons (Fsp3) is 0.500. The van der Waals surface area contributed by atoms with Crippen LogP contribution in [-0.2, 0) is 4.74 Å². The number of nitrogen functional groups attached to an aromatic ring is 1. The van der Waals surface area contributed by atoms with Crippen LogP contribution in [0.3, 0.4) is 0 Å². The van der Waals surface area contributed by atoms with Crippen molar-refractivity contribution in [1.29, 1.82) is 0 Å². The molecule has 0 bridgehead atoms. The Morgan fingerprint density at radius 1 is 1.43 bits per heavy atom. The molecule has 0 radical (unpaired) electrons. The molecule has 1 fully saturated rings. The van der Waals surface area contributed by atoms with Crippen molar-refractivity contribution >= 4 is 22.5 Å². The zero-order valence-electron chi connectivity index (χ0n) is 12.0. The number of hydrogen-bond acceptors (Lipinski definition) is 6. The van der Waals surface area contributed by atoms with E-state index in [1.165, 1.54) is 0 Å². The Balaban J connectivity index is 1.71. The lowest BCUT2D eigenvalue weighted by Crippen LogP contribution is -2.42. The van der Waals surface area contributed by atoms with Crippen LogP contribution in [-0.4, -0.2) is 48.8 Å². The Hall–Kier alpha value is -1.99. The first-order chi connectivity index (χ1) is 10.1. The molecular formula is C14H20N4O3. The second-order valence-corrected chi connectivity index (χ2v) is 5.41. The summed E-state index contributed by atoms with van der Waals surface area (Å²) in [5.74, 6) is -0.470. The number of rotatable bonds is 4. The predicted molar refractivity (Wildman–Crippen MR) is 81.6 cm³/mol. The molecule has 0 saturated carbocycles. The van der Waals surface area contributed by atoms with Crippen LogP contribution in [0.1, 0.15) is 6.92 Å². The topological polar surface area (TPSA) is 96.5 Å². The molecule has 1 aliphatic rings. The number of aromatic nitrogens is 1. The minimum absolute atomic E-state index is 0.237. The highest BCUT2D eigenvalue weighted by molar-refractivity contribution is 5.85. The summed E-state index contributed by atoms with van der Waals surface area (Å²) in [4.78, 5) is 16.2. The zero-order chi connectivity index (χ0) is 14.8. The van der Waals surface area contributed by atoms with Crippen LogP contribution in [0.4, 0.5) is 11.4 Å². The van der Waals surface area contributed by atoms with Crippen molar-refractivity contribution in [3.8, 4) is 0 Å². The number of nitrogens with two attached hydrogens (primary N) is 1. The zero-order valence-corrected chi connectivity index (χ0v) is 12.0. The van der Waals surface area contributed by atoms with E-state index in [9.17, 15) is 4.79 Å². The SMILES string of the molecule is CC(CN1CCOCC1)Nc1cc2[nH]c(=O)oc2cc1N. The third kappa shape index (κ3) is 3.20. The molecule has 1 atom stereocenters. The second-order valence-electron chi connectivity index (χ2n) is 5.41. The number of fused-ring (bicyclic) bond motifs is 1. The van der Waals surface area contributed by atoms with Crippen LogP contribution in [0, 0.1) is 0 Å². The van der Waals surface area contributed by atoms with Crippen molar-refractivity contribution < 1.29 is 9.15 Å². The number of aromatic amines is 1. The van der Waals surface area contributed by atoms with Gasteiger partial charge < -0.3 is 20.2 Å². The van der Waals surface area contributed by atoms with Gasteiger partial charge in [0.2, 0.25) is 0 Å². The quantitative estimate of drug-likeness (QED) is 0.723. The first kappa shape index (κ1) is 14.0. The minimum atomic E-state index is -0.470. The van der Waals surface area contributed by atoms with E-state index in [-0.39, 0.29) is 6.04 Å². The summed E-state index contributed by atoms with van der Waals surface area (Å²) in [7, 11) is 0. The van der Waals surface area contributed by atoms with Gasteiger partial charge in [-0.2, -0.15) is 0 Å². The molecule has 21 heavy (non-hydrogen) atoms. The van der Waals surface area contributed by atoms with Gasteiger partial charge in [-0.25, -0.2) is 4.79 Å². The molecule has 2 aromatic rings. The van der Waals surface area contributed by atoms with E-state index < -0.39 is 5.76 Å². The van der Waals surface area contributed by atoms with E-state index in [0.717, 1.165) is 38.5 Å². The highest BCUT2D eigenvalue weighted by atomic mass is 16.5. The van der Waals surface area contributed by atoms with Gasteiger partial charge in [-0.05, 0) is 13.0 Å². The molecule has 1 aromatic carbocycles. The molecule has 2 heterocycles. The highest BCUT2D eigenvalue weighted by Crippen LogP contribution is 2.25. The Kier molecular flexibility index (Phi) is 3.85. The van der Waals surface area contributed by atoms with E-state index in [0.29, 0.717) is 16.8 Å². The molecule has 7 nitrogen and oxygen atoms in total. The van der Waals surface area contributed by atoms with Crippen LogP contribution in [0.25, 0.3) is 11.1 Å². The van der Waals surface area contributed by atoms with Gasteiger partial charge >= 0.3 is 5.76 Å². The fourth-order valence-electron chi connectivity index (χ4n) is 2.62. The normalized spacial score (nSPS) is 18.0. The maximum atomic E-state index is 11.2. The molecule has 0 amide bonds. The summed E-state index contributed by atoms with van der Waals surface area (Å²) < 4.78 is 10.3. The van der Waals surface area contributed by atoms with Gasteiger partial charge in [0.25, 0.3) is 0 Å². The predicted octanol–water partition coefficient (Wildman–Crippen LogP) is 0.836. The molecule has 1 saturated heterocycles. The standard InChI is InChI=1S/C14H20N4O3/c1-9(8-18-2-4-20-5-3-18)16-11-7-12-13(6-10(11)15)21-14(19)17-12/h6-7,9,16H,2-5,8,15H2,1H3,(H,17,19). The number of anilines is 2. The molecule has 0 aliphatic carbocycles. The number of nitrogens with zero attached hydrogens (tertiary/aromatic N) is 1. The number of ether oxygens (including phenoxy) is 1. The summed E-state index contributed by atoms with van der Waals surface area (Å²) in [5, 5.41) is 3.39. The Labute approximate surface area is 122 Å². The maximum absolute atomic E-state index is 11.2. The molecule has 1 unspecified atom stereocenters. The number of morpholine rings is 1. The van der Waals surface area contributed by atoms with E-state index in [4.69, 9.17) is 14.9 Å². The lowest BCUT2D eigenvalue weighted by atomic mass is 10.2. The number of oxazole rings is 1. The average Bonchev–Trinajstić information content (AvgIpc) is 2.79. The molecular weight excluding hydrogens is 272 g/mol. The van der Waals surface area contributed by atoms with Crippen LogP contribution >= 0.6 is 0 Å². The van der Waals surface area contributed by atoms with E-state index >= 15 is 0 Å². The first-order valence-corrected chi connectivity index (χ1v) is 7.11. The van der Waals surface area contributed by atoms with Gasteiger partial charge in [0.1, 0.15) is 0 Å². The molecule has 1 aliphatic heterocycles. The Morgan fingerprint density at radius 2 is 2.19 bits per heavy atom. The van der Waals surface area contributed by atoms with Gasteiger partial charge in [-0.3, -0.25) is 9.88 Å². The van der Waals surface area contributed by atoms with Crippen molar-refractivity contribution in [3.63, 3.8) is 0 Å². The molecule has 114 valence electrons. The van der Waals surface area contributed by atoms with Crippen molar-refractivity contribution in [1.82, 2.24) is 9.88 Å². The summed E-state index contributed by atoms with van der Waals surface area (Å²) in [6.45, 7) is 6.51. The van der Waals surface area contributed by atoms with Gasteiger partial charge in [-0.15, -0.1) is 0 Å². The molecule has 0 spiro atoms. The van der Waals surface area contributed by atoms with E-state index in [1.807, 2.05) is 6.07 Å². The average molecular weight is 292 g/mol.